The lowest BCUT2D eigenvalue weighted by atomic mass is 9.97. The lowest BCUT2D eigenvalue weighted by molar-refractivity contribution is 0.134. The zero-order valence-electron chi connectivity index (χ0n) is 17.2. The zero-order chi connectivity index (χ0) is 19.1. The van der Waals surface area contributed by atoms with Crippen molar-refractivity contribution in [3.63, 3.8) is 0 Å². The van der Waals surface area contributed by atoms with E-state index in [2.05, 4.69) is 89.0 Å². The van der Waals surface area contributed by atoms with Crippen LogP contribution in [0.15, 0.2) is 59.6 Å². The third kappa shape index (κ3) is 6.78. The molecule has 0 aromatic heterocycles. The highest BCUT2D eigenvalue weighted by Gasteiger charge is 2.25. The van der Waals surface area contributed by atoms with Crippen molar-refractivity contribution in [1.29, 1.82) is 0 Å². The van der Waals surface area contributed by atoms with Gasteiger partial charge in [0.25, 0.3) is 0 Å². The first kappa shape index (κ1) is 22.7. The van der Waals surface area contributed by atoms with Gasteiger partial charge in [-0.2, -0.15) is 0 Å². The van der Waals surface area contributed by atoms with E-state index in [1.165, 1.54) is 16.7 Å². The molecule has 3 rings (SSSR count). The Morgan fingerprint density at radius 1 is 1.11 bits per heavy atom. The van der Waals surface area contributed by atoms with Gasteiger partial charge in [0, 0.05) is 38.8 Å². The molecule has 1 heterocycles. The number of nitrogens with one attached hydrogen (secondary N) is 2. The molecule has 0 spiro atoms. The van der Waals surface area contributed by atoms with Gasteiger partial charge in [-0.15, -0.1) is 24.0 Å². The van der Waals surface area contributed by atoms with Crippen LogP contribution >= 0.6 is 24.0 Å². The summed E-state index contributed by atoms with van der Waals surface area (Å²) in [5.41, 5.74) is 3.97. The van der Waals surface area contributed by atoms with Crippen LogP contribution in [0.3, 0.4) is 0 Å². The highest BCUT2D eigenvalue weighted by Crippen LogP contribution is 2.20. The fourth-order valence-electron chi connectivity index (χ4n) is 3.80. The van der Waals surface area contributed by atoms with Crippen LogP contribution in [-0.2, 0) is 13.1 Å². The third-order valence-corrected chi connectivity index (χ3v) is 5.35. The summed E-state index contributed by atoms with van der Waals surface area (Å²) in [7, 11) is 1.85. The number of piperidine rings is 1. The van der Waals surface area contributed by atoms with Crippen LogP contribution in [-0.4, -0.2) is 36.5 Å². The summed E-state index contributed by atoms with van der Waals surface area (Å²) < 4.78 is 0. The molecule has 1 aliphatic rings. The molecule has 152 valence electrons. The first-order valence-corrected chi connectivity index (χ1v) is 9.94. The maximum atomic E-state index is 4.41. The van der Waals surface area contributed by atoms with Gasteiger partial charge in [-0.3, -0.25) is 9.89 Å². The van der Waals surface area contributed by atoms with Crippen molar-refractivity contribution >= 4 is 29.9 Å². The molecule has 1 aliphatic heterocycles. The minimum absolute atomic E-state index is 0. The van der Waals surface area contributed by atoms with Crippen molar-refractivity contribution < 1.29 is 0 Å². The molecule has 2 aromatic carbocycles. The molecule has 2 unspecified atom stereocenters. The van der Waals surface area contributed by atoms with Crippen molar-refractivity contribution in [2.75, 3.05) is 13.6 Å². The molecule has 0 aliphatic carbocycles. The van der Waals surface area contributed by atoms with E-state index >= 15 is 0 Å². The molecule has 0 amide bonds. The molecule has 0 saturated carbocycles. The number of benzene rings is 2. The number of guanidine groups is 1. The number of rotatable bonds is 5. The number of nitrogens with zero attached hydrogens (tertiary/aromatic N) is 2. The highest BCUT2D eigenvalue weighted by molar-refractivity contribution is 14.0. The van der Waals surface area contributed by atoms with Crippen LogP contribution in [0.4, 0.5) is 0 Å². The van der Waals surface area contributed by atoms with E-state index in [4.69, 9.17) is 0 Å². The molecule has 2 atom stereocenters. The van der Waals surface area contributed by atoms with Crippen molar-refractivity contribution in [2.24, 2.45) is 4.99 Å². The smallest absolute Gasteiger partial charge is 0.191 e. The van der Waals surface area contributed by atoms with E-state index in [0.29, 0.717) is 12.1 Å². The Kier molecular flexibility index (Phi) is 9.25. The third-order valence-electron chi connectivity index (χ3n) is 5.35. The largest absolute Gasteiger partial charge is 0.354 e. The lowest BCUT2D eigenvalue weighted by Crippen LogP contribution is -2.51. The van der Waals surface area contributed by atoms with Gasteiger partial charge < -0.3 is 10.6 Å². The van der Waals surface area contributed by atoms with Gasteiger partial charge in [0.15, 0.2) is 5.96 Å². The Labute approximate surface area is 186 Å². The second-order valence-electron chi connectivity index (χ2n) is 7.59. The van der Waals surface area contributed by atoms with Crippen LogP contribution < -0.4 is 10.6 Å². The fourth-order valence-corrected chi connectivity index (χ4v) is 3.80. The summed E-state index contributed by atoms with van der Waals surface area (Å²) in [6, 6.07) is 20.4. The predicted octanol–water partition coefficient (Wildman–Crippen LogP) is 4.33. The summed E-state index contributed by atoms with van der Waals surface area (Å²) >= 11 is 0. The summed E-state index contributed by atoms with van der Waals surface area (Å²) in [5, 5.41) is 7.07. The number of aryl methyl sites for hydroxylation is 1. The highest BCUT2D eigenvalue weighted by atomic mass is 127. The Hall–Kier alpha value is -1.60. The Morgan fingerprint density at radius 3 is 2.54 bits per heavy atom. The first-order valence-electron chi connectivity index (χ1n) is 9.94. The van der Waals surface area contributed by atoms with E-state index in [0.717, 1.165) is 38.4 Å². The van der Waals surface area contributed by atoms with Gasteiger partial charge in [-0.05, 0) is 37.8 Å². The van der Waals surface area contributed by atoms with E-state index in [-0.39, 0.29) is 24.0 Å². The summed E-state index contributed by atoms with van der Waals surface area (Å²) in [6.07, 6.45) is 2.28. The molecular weight excluding hydrogens is 459 g/mol. The molecule has 2 N–H and O–H groups in total. The quantitative estimate of drug-likeness (QED) is 0.371. The van der Waals surface area contributed by atoms with E-state index in [1.807, 2.05) is 7.05 Å². The van der Waals surface area contributed by atoms with Gasteiger partial charge in [0.05, 0.1) is 0 Å². The molecule has 0 radical (unpaired) electrons. The minimum Gasteiger partial charge on any atom is -0.354 e. The number of likely N-dealkylation sites (tertiary alicyclic amines) is 1. The van der Waals surface area contributed by atoms with Crippen LogP contribution in [0.25, 0.3) is 0 Å². The average molecular weight is 492 g/mol. The van der Waals surface area contributed by atoms with E-state index < -0.39 is 0 Å². The van der Waals surface area contributed by atoms with Gasteiger partial charge in [0.1, 0.15) is 0 Å². The minimum atomic E-state index is 0. The van der Waals surface area contributed by atoms with Gasteiger partial charge in [0.2, 0.25) is 0 Å². The fraction of sp³-hybridized carbons (Fsp3) is 0.435. The second-order valence-corrected chi connectivity index (χ2v) is 7.59. The SMILES string of the molecule is CN=C(NCc1cccc(C)c1)NC1CCN(Cc2ccccc2)C(C)C1.I. The summed E-state index contributed by atoms with van der Waals surface area (Å²) in [4.78, 5) is 6.99. The van der Waals surface area contributed by atoms with E-state index in [9.17, 15) is 0 Å². The molecule has 0 bridgehead atoms. The Balaban J connectivity index is 0.00000280. The molecular formula is C23H33IN4. The molecule has 4 nitrogen and oxygen atoms in total. The first-order chi connectivity index (χ1) is 13.1. The van der Waals surface area contributed by atoms with Crippen molar-refractivity contribution in [3.05, 3.63) is 71.3 Å². The lowest BCUT2D eigenvalue weighted by Gasteiger charge is -2.38. The standard InChI is InChI=1S/C23H32N4.HI/c1-18-8-7-11-21(14-18)16-25-23(24-3)26-22-12-13-27(19(2)15-22)17-20-9-5-4-6-10-20;/h4-11,14,19,22H,12-13,15-17H2,1-3H3,(H2,24,25,26);1H. The number of hydrogen-bond acceptors (Lipinski definition) is 2. The summed E-state index contributed by atoms with van der Waals surface area (Å²) in [5.74, 6) is 0.894. The average Bonchev–Trinajstić information content (AvgIpc) is 2.68. The van der Waals surface area contributed by atoms with Crippen molar-refractivity contribution in [2.45, 2.75) is 51.9 Å². The van der Waals surface area contributed by atoms with Crippen molar-refractivity contribution in [1.82, 2.24) is 15.5 Å². The zero-order valence-corrected chi connectivity index (χ0v) is 19.5. The normalized spacial score (nSPS) is 20.3. The second kappa shape index (κ2) is 11.4. The maximum absolute atomic E-state index is 4.41. The van der Waals surface area contributed by atoms with Gasteiger partial charge in [-0.25, -0.2) is 0 Å². The summed E-state index contributed by atoms with van der Waals surface area (Å²) in [6.45, 7) is 7.41. The van der Waals surface area contributed by atoms with Crippen LogP contribution in [0.2, 0.25) is 0 Å². The Morgan fingerprint density at radius 2 is 1.86 bits per heavy atom. The Bertz CT molecular complexity index is 747. The topological polar surface area (TPSA) is 39.7 Å². The molecule has 2 aromatic rings. The number of hydrogen-bond donors (Lipinski definition) is 2. The van der Waals surface area contributed by atoms with Gasteiger partial charge in [-0.1, -0.05) is 60.2 Å². The predicted molar refractivity (Wildman–Crippen MR) is 129 cm³/mol. The molecule has 1 saturated heterocycles. The maximum Gasteiger partial charge on any atom is 0.191 e. The number of aliphatic imine (C=N–C) groups is 1. The van der Waals surface area contributed by atoms with Crippen LogP contribution in [0.1, 0.15) is 36.5 Å². The molecule has 1 fully saturated rings. The van der Waals surface area contributed by atoms with Gasteiger partial charge >= 0.3 is 0 Å². The molecule has 5 heteroatoms. The number of halogens is 1. The van der Waals surface area contributed by atoms with E-state index in [1.54, 1.807) is 0 Å². The monoisotopic (exact) mass is 492 g/mol. The molecule has 28 heavy (non-hydrogen) atoms. The van der Waals surface area contributed by atoms with Crippen molar-refractivity contribution in [3.8, 4) is 0 Å². The van der Waals surface area contributed by atoms with Crippen LogP contribution in [0.5, 0.6) is 0 Å². The van der Waals surface area contributed by atoms with Crippen LogP contribution in [0, 0.1) is 6.92 Å².